The maximum atomic E-state index is 12.3. The highest BCUT2D eigenvalue weighted by molar-refractivity contribution is 7.89. The molecule has 3 aliphatic rings. The SMILES string of the molecule is CC1(C)C2CCC1(C)C(S(=O)(=O)N1CO1)C2. The number of hydrogen-bond donors (Lipinski definition) is 0. The van der Waals surface area contributed by atoms with E-state index in [0.717, 1.165) is 17.3 Å². The van der Waals surface area contributed by atoms with Crippen molar-refractivity contribution in [1.29, 1.82) is 0 Å². The Labute approximate surface area is 97.0 Å². The van der Waals surface area contributed by atoms with E-state index in [1.807, 2.05) is 0 Å². The molecule has 2 aliphatic carbocycles. The van der Waals surface area contributed by atoms with Gasteiger partial charge in [0.1, 0.15) is 0 Å². The number of hydrogen-bond acceptors (Lipinski definition) is 3. The molecule has 4 unspecified atom stereocenters. The van der Waals surface area contributed by atoms with E-state index in [0.29, 0.717) is 5.92 Å². The van der Waals surface area contributed by atoms with Gasteiger partial charge in [-0.3, -0.25) is 4.84 Å². The van der Waals surface area contributed by atoms with Crippen LogP contribution in [0.5, 0.6) is 0 Å². The van der Waals surface area contributed by atoms with Crippen molar-refractivity contribution in [2.75, 3.05) is 6.73 Å². The van der Waals surface area contributed by atoms with Crippen LogP contribution in [0.4, 0.5) is 0 Å². The molecule has 5 heteroatoms. The molecular formula is C11H19NO3S. The first-order valence-corrected chi connectivity index (χ1v) is 7.45. The van der Waals surface area contributed by atoms with Crippen LogP contribution in [0.25, 0.3) is 0 Å². The molecule has 2 bridgehead atoms. The Morgan fingerprint density at radius 2 is 1.94 bits per heavy atom. The summed E-state index contributed by atoms with van der Waals surface area (Å²) in [6.45, 7) is 6.85. The van der Waals surface area contributed by atoms with Gasteiger partial charge in [-0.25, -0.2) is 8.42 Å². The third-order valence-corrected chi connectivity index (χ3v) is 7.80. The summed E-state index contributed by atoms with van der Waals surface area (Å²) in [5.74, 6) is 0.553. The molecule has 1 saturated heterocycles. The van der Waals surface area contributed by atoms with Gasteiger partial charge in [-0.1, -0.05) is 25.2 Å². The first-order chi connectivity index (χ1) is 7.30. The molecule has 0 radical (unpaired) electrons. The second-order valence-electron chi connectivity index (χ2n) is 6.21. The highest BCUT2D eigenvalue weighted by Crippen LogP contribution is 2.67. The average Bonchev–Trinajstić information content (AvgIpc) is 2.95. The second kappa shape index (κ2) is 2.82. The largest absolute Gasteiger partial charge is 0.263 e. The minimum Gasteiger partial charge on any atom is -0.263 e. The standard InChI is InChI=1S/C11H19NO3S/c1-10(2)8-4-5-11(10,3)9(6-8)16(13,14)12-7-15-12/h8-9H,4-7H2,1-3H3. The summed E-state index contributed by atoms with van der Waals surface area (Å²) in [5.41, 5.74) is 0.0587. The third kappa shape index (κ3) is 1.09. The van der Waals surface area contributed by atoms with Crippen LogP contribution in [0, 0.1) is 16.7 Å². The molecule has 92 valence electrons. The summed E-state index contributed by atoms with van der Waals surface area (Å²) in [4.78, 5) is 4.85. The molecular weight excluding hydrogens is 226 g/mol. The number of nitrogens with zero attached hydrogens (tertiary/aromatic N) is 1. The molecule has 2 saturated carbocycles. The fourth-order valence-electron chi connectivity index (χ4n) is 3.89. The average molecular weight is 245 g/mol. The van der Waals surface area contributed by atoms with Gasteiger partial charge in [0.05, 0.1) is 5.25 Å². The van der Waals surface area contributed by atoms with Crippen LogP contribution in [0.1, 0.15) is 40.0 Å². The van der Waals surface area contributed by atoms with Gasteiger partial charge in [-0.2, -0.15) is 0 Å². The lowest BCUT2D eigenvalue weighted by Gasteiger charge is -2.38. The monoisotopic (exact) mass is 245 g/mol. The van der Waals surface area contributed by atoms with Crippen LogP contribution >= 0.6 is 0 Å². The Hall–Kier alpha value is -0.130. The Morgan fingerprint density at radius 1 is 1.31 bits per heavy atom. The molecule has 0 aromatic carbocycles. The highest BCUT2D eigenvalue weighted by atomic mass is 32.2. The van der Waals surface area contributed by atoms with Gasteiger partial charge in [-0.05, 0) is 36.0 Å². The minimum absolute atomic E-state index is 0.0809. The summed E-state index contributed by atoms with van der Waals surface area (Å²) in [7, 11) is -3.21. The van der Waals surface area contributed by atoms with Crippen molar-refractivity contribution in [3.63, 3.8) is 0 Å². The molecule has 3 fully saturated rings. The minimum atomic E-state index is -3.21. The van der Waals surface area contributed by atoms with Gasteiger partial charge < -0.3 is 0 Å². The zero-order valence-corrected chi connectivity index (χ0v) is 10.9. The summed E-state index contributed by atoms with van der Waals surface area (Å²) >= 11 is 0. The van der Waals surface area contributed by atoms with Crippen molar-refractivity contribution in [3.05, 3.63) is 0 Å². The lowest BCUT2D eigenvalue weighted by molar-refractivity contribution is 0.151. The fourth-order valence-corrected chi connectivity index (χ4v) is 6.07. The summed E-state index contributed by atoms with van der Waals surface area (Å²) < 4.78 is 25.7. The van der Waals surface area contributed by atoms with Crippen LogP contribution in [-0.4, -0.2) is 24.9 Å². The topological polar surface area (TPSA) is 49.7 Å². The number of sulfonamides is 1. The molecule has 0 N–H and O–H groups in total. The molecule has 0 aromatic rings. The van der Waals surface area contributed by atoms with Crippen LogP contribution in [0.3, 0.4) is 0 Å². The predicted molar refractivity (Wildman–Crippen MR) is 59.7 cm³/mol. The van der Waals surface area contributed by atoms with Crippen molar-refractivity contribution in [2.45, 2.75) is 45.3 Å². The van der Waals surface area contributed by atoms with Crippen molar-refractivity contribution in [3.8, 4) is 0 Å². The van der Waals surface area contributed by atoms with E-state index in [9.17, 15) is 8.42 Å². The number of hydroxylamine groups is 1. The second-order valence-corrected chi connectivity index (χ2v) is 8.21. The maximum absolute atomic E-state index is 12.3. The summed E-state index contributed by atoms with van der Waals surface area (Å²) in [6.07, 6.45) is 3.02. The number of fused-ring (bicyclic) bond motifs is 2. The van der Waals surface area contributed by atoms with Gasteiger partial charge in [0.2, 0.25) is 10.0 Å². The first kappa shape index (κ1) is 11.0. The Bertz CT molecular complexity index is 427. The van der Waals surface area contributed by atoms with Crippen molar-refractivity contribution < 1.29 is 13.3 Å². The zero-order valence-electron chi connectivity index (χ0n) is 10.1. The van der Waals surface area contributed by atoms with E-state index < -0.39 is 10.0 Å². The fraction of sp³-hybridized carbons (Fsp3) is 1.00. The highest BCUT2D eigenvalue weighted by Gasteiger charge is 2.66. The van der Waals surface area contributed by atoms with E-state index in [1.54, 1.807) is 0 Å². The Kier molecular flexibility index (Phi) is 1.93. The zero-order chi connectivity index (χ0) is 11.8. The summed E-state index contributed by atoms with van der Waals surface area (Å²) in [5, 5.41) is -0.240. The van der Waals surface area contributed by atoms with Crippen LogP contribution in [-0.2, 0) is 14.9 Å². The molecule has 3 rings (SSSR count). The van der Waals surface area contributed by atoms with Gasteiger partial charge in [0, 0.05) is 0 Å². The molecule has 0 aromatic heterocycles. The van der Waals surface area contributed by atoms with Crippen LogP contribution < -0.4 is 0 Å². The first-order valence-electron chi connectivity index (χ1n) is 5.94. The predicted octanol–water partition coefficient (Wildman–Crippen LogP) is 1.74. The normalized spacial score (nSPS) is 49.6. The Balaban J connectivity index is 2.01. The van der Waals surface area contributed by atoms with Crippen molar-refractivity contribution >= 4 is 10.0 Å². The van der Waals surface area contributed by atoms with Gasteiger partial charge >= 0.3 is 0 Å². The van der Waals surface area contributed by atoms with E-state index in [2.05, 4.69) is 20.8 Å². The van der Waals surface area contributed by atoms with Gasteiger partial charge in [0.15, 0.2) is 6.73 Å². The Morgan fingerprint density at radius 3 is 2.31 bits per heavy atom. The lowest BCUT2D eigenvalue weighted by Crippen LogP contribution is -2.42. The molecule has 0 spiro atoms. The quantitative estimate of drug-likeness (QED) is 0.696. The van der Waals surface area contributed by atoms with E-state index in [-0.39, 0.29) is 22.8 Å². The third-order valence-electron chi connectivity index (χ3n) is 5.59. The summed E-state index contributed by atoms with van der Waals surface area (Å²) in [6, 6.07) is 0. The van der Waals surface area contributed by atoms with Crippen molar-refractivity contribution in [2.24, 2.45) is 16.7 Å². The van der Waals surface area contributed by atoms with Crippen LogP contribution in [0.2, 0.25) is 0 Å². The molecule has 1 heterocycles. The van der Waals surface area contributed by atoms with Crippen LogP contribution in [0.15, 0.2) is 0 Å². The number of rotatable bonds is 2. The molecule has 0 amide bonds. The van der Waals surface area contributed by atoms with E-state index >= 15 is 0 Å². The smallest absolute Gasteiger partial charge is 0.241 e. The van der Waals surface area contributed by atoms with Crippen molar-refractivity contribution in [1.82, 2.24) is 4.47 Å². The molecule has 4 nitrogen and oxygen atoms in total. The van der Waals surface area contributed by atoms with Gasteiger partial charge in [0.25, 0.3) is 0 Å². The van der Waals surface area contributed by atoms with E-state index in [1.165, 1.54) is 6.42 Å². The molecule has 1 aliphatic heterocycles. The maximum Gasteiger partial charge on any atom is 0.241 e. The lowest BCUT2D eigenvalue weighted by atomic mass is 9.71. The molecule has 4 atom stereocenters. The van der Waals surface area contributed by atoms with E-state index in [4.69, 9.17) is 4.84 Å². The molecule has 16 heavy (non-hydrogen) atoms. The van der Waals surface area contributed by atoms with Gasteiger partial charge in [-0.15, -0.1) is 0 Å².